The molecule has 2 heterocycles. The van der Waals surface area contributed by atoms with E-state index in [1.807, 2.05) is 0 Å². The summed E-state index contributed by atoms with van der Waals surface area (Å²) in [6.45, 7) is 4.74. The summed E-state index contributed by atoms with van der Waals surface area (Å²) in [5.74, 6) is -0.622. The highest BCUT2D eigenvalue weighted by Gasteiger charge is 2.18. The van der Waals surface area contributed by atoms with Gasteiger partial charge in [0.25, 0.3) is 0 Å². The Morgan fingerprint density at radius 2 is 2.10 bits per heavy atom. The largest absolute Gasteiger partial charge is 0.366 e. The predicted molar refractivity (Wildman–Crippen MR) is 84.6 cm³/mol. The number of primary amides is 1. The molecule has 0 spiro atoms. The minimum atomic E-state index is -3.56. The van der Waals surface area contributed by atoms with Crippen LogP contribution in [0.15, 0.2) is 15.7 Å². The Bertz CT molecular complexity index is 570. The molecule has 0 radical (unpaired) electrons. The highest BCUT2D eigenvalue weighted by molar-refractivity contribution is 7.91. The number of hydrogen-bond acceptors (Lipinski definition) is 6. The Labute approximate surface area is 134 Å². The number of sulfonamides is 1. The van der Waals surface area contributed by atoms with Gasteiger partial charge in [0, 0.05) is 44.6 Å². The lowest BCUT2D eigenvalue weighted by molar-refractivity contribution is 0.100. The quantitative estimate of drug-likeness (QED) is 0.636. The smallest absolute Gasteiger partial charge is 0.250 e. The van der Waals surface area contributed by atoms with Crippen LogP contribution in [0.4, 0.5) is 0 Å². The van der Waals surface area contributed by atoms with Crippen LogP contribution in [0.5, 0.6) is 0 Å². The number of nitrogens with two attached hydrogens (primary N) is 1. The molecule has 1 fully saturated rings. The third kappa shape index (κ3) is 5.20. The highest BCUT2D eigenvalue weighted by Crippen LogP contribution is 2.19. The SMILES string of the molecule is Cl.NC(=O)c1csc(S(=O)(=O)NCCN2CCNCC2)c1. The number of carbonyl (C=O) groups excluding carboxylic acids is 1. The fourth-order valence-corrected chi connectivity index (χ4v) is 4.17. The van der Waals surface area contributed by atoms with Gasteiger partial charge in [0.1, 0.15) is 4.21 Å². The topological polar surface area (TPSA) is 105 Å². The highest BCUT2D eigenvalue weighted by atomic mass is 35.5. The van der Waals surface area contributed by atoms with Gasteiger partial charge in [-0.1, -0.05) is 0 Å². The Morgan fingerprint density at radius 3 is 2.67 bits per heavy atom. The van der Waals surface area contributed by atoms with E-state index in [9.17, 15) is 13.2 Å². The van der Waals surface area contributed by atoms with Gasteiger partial charge in [-0.2, -0.15) is 0 Å². The number of halogens is 1. The second-order valence-electron chi connectivity index (χ2n) is 4.51. The van der Waals surface area contributed by atoms with Gasteiger partial charge in [-0.05, 0) is 6.07 Å². The first kappa shape index (κ1) is 18.3. The van der Waals surface area contributed by atoms with Crippen LogP contribution in [0.1, 0.15) is 10.4 Å². The summed E-state index contributed by atoms with van der Waals surface area (Å²) in [6, 6.07) is 1.31. The van der Waals surface area contributed by atoms with Crippen LogP contribution in [0.3, 0.4) is 0 Å². The number of rotatable bonds is 6. The lowest BCUT2D eigenvalue weighted by Crippen LogP contribution is -2.46. The molecule has 1 aromatic heterocycles. The molecule has 1 aliphatic rings. The molecule has 0 saturated carbocycles. The van der Waals surface area contributed by atoms with Gasteiger partial charge in [-0.3, -0.25) is 9.69 Å². The molecule has 0 aromatic carbocycles. The summed E-state index contributed by atoms with van der Waals surface area (Å²) in [7, 11) is -3.56. The van der Waals surface area contributed by atoms with Crippen molar-refractivity contribution in [3.05, 3.63) is 17.0 Å². The summed E-state index contributed by atoms with van der Waals surface area (Å²) in [5.41, 5.74) is 5.33. The average Bonchev–Trinajstić information content (AvgIpc) is 2.90. The van der Waals surface area contributed by atoms with Gasteiger partial charge in [-0.25, -0.2) is 13.1 Å². The molecule has 0 aliphatic carbocycles. The molecular formula is C11H19ClN4O3S2. The number of hydrogen-bond donors (Lipinski definition) is 3. The third-order valence-corrected chi connectivity index (χ3v) is 5.96. The van der Waals surface area contributed by atoms with Gasteiger partial charge < -0.3 is 11.1 Å². The van der Waals surface area contributed by atoms with Crippen molar-refractivity contribution in [2.75, 3.05) is 39.3 Å². The van der Waals surface area contributed by atoms with E-state index in [2.05, 4.69) is 14.9 Å². The molecular weight excluding hydrogens is 336 g/mol. The predicted octanol–water partition coefficient (Wildman–Crippen LogP) is -0.548. The van der Waals surface area contributed by atoms with E-state index in [1.54, 1.807) is 0 Å². The number of nitrogens with one attached hydrogen (secondary N) is 2. The first-order valence-electron chi connectivity index (χ1n) is 6.30. The second kappa shape index (κ2) is 8.06. The van der Waals surface area contributed by atoms with Gasteiger partial charge in [0.2, 0.25) is 15.9 Å². The zero-order valence-corrected chi connectivity index (χ0v) is 13.8. The molecule has 1 aromatic rings. The molecule has 0 unspecified atom stereocenters. The minimum absolute atomic E-state index is 0. The molecule has 1 aliphatic heterocycles. The van der Waals surface area contributed by atoms with Gasteiger partial charge >= 0.3 is 0 Å². The van der Waals surface area contributed by atoms with Crippen molar-refractivity contribution < 1.29 is 13.2 Å². The van der Waals surface area contributed by atoms with E-state index in [0.717, 1.165) is 37.5 Å². The van der Waals surface area contributed by atoms with E-state index >= 15 is 0 Å². The van der Waals surface area contributed by atoms with Gasteiger partial charge in [-0.15, -0.1) is 23.7 Å². The minimum Gasteiger partial charge on any atom is -0.366 e. The Hall–Kier alpha value is -0.710. The maximum atomic E-state index is 12.0. The lowest BCUT2D eigenvalue weighted by Gasteiger charge is -2.26. The van der Waals surface area contributed by atoms with Crippen LogP contribution >= 0.6 is 23.7 Å². The molecule has 2 rings (SSSR count). The van der Waals surface area contributed by atoms with E-state index in [4.69, 9.17) is 5.73 Å². The first-order valence-corrected chi connectivity index (χ1v) is 8.66. The zero-order valence-electron chi connectivity index (χ0n) is 11.4. The van der Waals surface area contributed by atoms with Crippen LogP contribution in [0.25, 0.3) is 0 Å². The zero-order chi connectivity index (χ0) is 14.6. The number of thiophene rings is 1. The molecule has 0 bridgehead atoms. The molecule has 7 nitrogen and oxygen atoms in total. The van der Waals surface area contributed by atoms with E-state index in [-0.39, 0.29) is 22.2 Å². The number of nitrogens with zero attached hydrogens (tertiary/aromatic N) is 1. The first-order chi connectivity index (χ1) is 9.49. The van der Waals surface area contributed by atoms with Crippen LogP contribution in [-0.4, -0.2) is 58.5 Å². The van der Waals surface area contributed by atoms with Crippen LogP contribution in [0.2, 0.25) is 0 Å². The number of piperazine rings is 1. The summed E-state index contributed by atoms with van der Waals surface area (Å²) >= 11 is 0.996. The average molecular weight is 355 g/mol. The Balaban J connectivity index is 0.00000220. The van der Waals surface area contributed by atoms with Gasteiger partial charge in [0.15, 0.2) is 0 Å². The maximum Gasteiger partial charge on any atom is 0.250 e. The lowest BCUT2D eigenvalue weighted by atomic mass is 10.3. The molecule has 120 valence electrons. The molecule has 0 atom stereocenters. The second-order valence-corrected chi connectivity index (χ2v) is 7.41. The molecule has 4 N–H and O–H groups in total. The molecule has 21 heavy (non-hydrogen) atoms. The standard InChI is InChI=1S/C11H18N4O3S2.ClH/c12-11(16)9-7-10(19-8-9)20(17,18)14-3-6-15-4-1-13-2-5-15;/h7-8,13-14H,1-6H2,(H2,12,16);1H. The van der Waals surface area contributed by atoms with Crippen molar-refractivity contribution in [1.29, 1.82) is 0 Å². The molecule has 1 saturated heterocycles. The van der Waals surface area contributed by atoms with Crippen molar-refractivity contribution in [1.82, 2.24) is 14.9 Å². The summed E-state index contributed by atoms with van der Waals surface area (Å²) in [6.07, 6.45) is 0. The van der Waals surface area contributed by atoms with Crippen molar-refractivity contribution in [3.8, 4) is 0 Å². The summed E-state index contributed by atoms with van der Waals surface area (Å²) < 4.78 is 26.7. The van der Waals surface area contributed by atoms with Crippen LogP contribution in [0, 0.1) is 0 Å². The van der Waals surface area contributed by atoms with Crippen molar-refractivity contribution >= 4 is 39.7 Å². The van der Waals surface area contributed by atoms with Crippen molar-refractivity contribution in [2.24, 2.45) is 5.73 Å². The van der Waals surface area contributed by atoms with E-state index in [1.165, 1.54) is 11.4 Å². The van der Waals surface area contributed by atoms with E-state index in [0.29, 0.717) is 13.1 Å². The van der Waals surface area contributed by atoms with Crippen molar-refractivity contribution in [2.45, 2.75) is 4.21 Å². The monoisotopic (exact) mass is 354 g/mol. The van der Waals surface area contributed by atoms with Crippen LogP contribution < -0.4 is 15.8 Å². The number of carbonyl (C=O) groups is 1. The normalized spacial score (nSPS) is 16.4. The maximum absolute atomic E-state index is 12.0. The van der Waals surface area contributed by atoms with Crippen molar-refractivity contribution in [3.63, 3.8) is 0 Å². The van der Waals surface area contributed by atoms with E-state index < -0.39 is 15.9 Å². The molecule has 10 heteroatoms. The molecule has 1 amide bonds. The third-order valence-electron chi connectivity index (χ3n) is 3.05. The fourth-order valence-electron chi connectivity index (χ4n) is 1.93. The number of amides is 1. The van der Waals surface area contributed by atoms with Crippen LogP contribution in [-0.2, 0) is 10.0 Å². The summed E-state index contributed by atoms with van der Waals surface area (Å²) in [4.78, 5) is 13.2. The Kier molecular flexibility index (Phi) is 7.04. The van der Waals surface area contributed by atoms with Gasteiger partial charge in [0.05, 0.1) is 5.56 Å². The fraction of sp³-hybridized carbons (Fsp3) is 0.545. The Morgan fingerprint density at radius 1 is 1.43 bits per heavy atom. The summed E-state index contributed by atoms with van der Waals surface area (Å²) in [5, 5.41) is 4.69.